The second kappa shape index (κ2) is 6.51. The fraction of sp³-hybridized carbons (Fsp3) is 0.833. The van der Waals surface area contributed by atoms with Crippen LogP contribution in [-0.2, 0) is 9.53 Å². The molecule has 1 aliphatic rings. The van der Waals surface area contributed by atoms with Crippen molar-refractivity contribution in [1.29, 1.82) is 0 Å². The fourth-order valence-corrected chi connectivity index (χ4v) is 0.553. The van der Waals surface area contributed by atoms with Crippen LogP contribution in [0.5, 0.6) is 0 Å². The highest BCUT2D eigenvalue weighted by Gasteiger charge is 2.07. The largest absolute Gasteiger partial charge is 0.380 e. The Kier molecular flexibility index (Phi) is 6.11. The van der Waals surface area contributed by atoms with Gasteiger partial charge in [-0.1, -0.05) is 0 Å². The van der Waals surface area contributed by atoms with E-state index in [-0.39, 0.29) is 0 Å². The molecule has 1 unspecified atom stereocenters. The molecule has 3 N–H and O–H groups in total. The van der Waals surface area contributed by atoms with Crippen molar-refractivity contribution in [1.82, 2.24) is 5.32 Å². The summed E-state index contributed by atoms with van der Waals surface area (Å²) in [5.74, 6) is 0. The normalized spacial score (nSPS) is 22.8. The number of rotatable bonds is 1. The van der Waals surface area contributed by atoms with Gasteiger partial charge in [-0.15, -0.1) is 0 Å². The van der Waals surface area contributed by atoms with Crippen LogP contribution in [0.4, 0.5) is 0 Å². The summed E-state index contributed by atoms with van der Waals surface area (Å²) >= 11 is 0. The summed E-state index contributed by atoms with van der Waals surface area (Å²) in [6, 6.07) is 0.324. The predicted molar refractivity (Wildman–Crippen MR) is 38.5 cm³/mol. The van der Waals surface area contributed by atoms with Crippen molar-refractivity contribution in [3.8, 4) is 0 Å². The molecule has 60 valence electrons. The Morgan fingerprint density at radius 3 is 2.50 bits per heavy atom. The number of carbonyl (C=O) groups is 1. The quantitative estimate of drug-likeness (QED) is 0.471. The summed E-state index contributed by atoms with van der Waals surface area (Å²) < 4.78 is 4.93. The third-order valence-electron chi connectivity index (χ3n) is 1.08. The molecule has 1 saturated heterocycles. The van der Waals surface area contributed by atoms with Gasteiger partial charge in [0, 0.05) is 19.7 Å². The van der Waals surface area contributed by atoms with Crippen molar-refractivity contribution in [3.05, 3.63) is 0 Å². The number of carbonyl (C=O) groups excluding carboxylic acids is 1. The van der Waals surface area contributed by atoms with E-state index in [4.69, 9.17) is 15.3 Å². The Bertz CT molecular complexity index is 81.8. The van der Waals surface area contributed by atoms with E-state index in [1.807, 2.05) is 0 Å². The molecule has 0 aliphatic carbocycles. The maximum atomic E-state index is 9.06. The highest BCUT2D eigenvalue weighted by Crippen LogP contribution is 1.98. The van der Waals surface area contributed by atoms with Crippen molar-refractivity contribution >= 4 is 6.41 Å². The first-order chi connectivity index (χ1) is 4.81. The second-order valence-electron chi connectivity index (χ2n) is 2.03. The summed E-state index contributed by atoms with van der Waals surface area (Å²) in [5.41, 5.74) is 5.41. The lowest BCUT2D eigenvalue weighted by molar-refractivity contribution is -0.109. The van der Waals surface area contributed by atoms with Gasteiger partial charge in [-0.25, -0.2) is 0 Å². The van der Waals surface area contributed by atoms with Crippen LogP contribution < -0.4 is 11.1 Å². The van der Waals surface area contributed by atoms with Crippen molar-refractivity contribution in [2.75, 3.05) is 20.3 Å². The molecule has 1 fully saturated rings. The number of hydrogen-bond donors (Lipinski definition) is 2. The van der Waals surface area contributed by atoms with Crippen LogP contribution >= 0.6 is 0 Å². The monoisotopic (exact) mass is 146 g/mol. The van der Waals surface area contributed by atoms with E-state index in [0.717, 1.165) is 19.6 Å². The average molecular weight is 146 g/mol. The van der Waals surface area contributed by atoms with Crippen molar-refractivity contribution in [2.45, 2.75) is 12.5 Å². The van der Waals surface area contributed by atoms with E-state index in [1.54, 1.807) is 7.05 Å². The topological polar surface area (TPSA) is 64.4 Å². The van der Waals surface area contributed by atoms with Gasteiger partial charge >= 0.3 is 0 Å². The Hall–Kier alpha value is -0.610. The lowest BCUT2D eigenvalue weighted by atomic mass is 10.3. The number of ether oxygens (including phenoxy) is 1. The fourth-order valence-electron chi connectivity index (χ4n) is 0.553. The Balaban J connectivity index is 0.000000180. The molecule has 4 heteroatoms. The smallest absolute Gasteiger partial charge is 0.206 e. The molecule has 10 heavy (non-hydrogen) atoms. The number of nitrogens with two attached hydrogens (primary N) is 1. The van der Waals surface area contributed by atoms with Gasteiger partial charge in [-0.05, 0) is 6.42 Å². The van der Waals surface area contributed by atoms with Crippen LogP contribution in [-0.4, -0.2) is 32.7 Å². The van der Waals surface area contributed by atoms with Gasteiger partial charge in [-0.2, -0.15) is 0 Å². The molecule has 1 aliphatic heterocycles. The average Bonchev–Trinajstić information content (AvgIpc) is 2.40. The molecule has 1 rings (SSSR count). The first kappa shape index (κ1) is 9.39. The maximum Gasteiger partial charge on any atom is 0.206 e. The number of hydrogen-bond acceptors (Lipinski definition) is 3. The van der Waals surface area contributed by atoms with Gasteiger partial charge in [0.15, 0.2) is 0 Å². The third kappa shape index (κ3) is 5.53. The minimum Gasteiger partial charge on any atom is -0.380 e. The Morgan fingerprint density at radius 2 is 2.40 bits per heavy atom. The Labute approximate surface area is 60.7 Å². The van der Waals surface area contributed by atoms with Gasteiger partial charge in [0.05, 0.1) is 6.61 Å². The van der Waals surface area contributed by atoms with E-state index in [0.29, 0.717) is 12.5 Å². The predicted octanol–water partition coefficient (Wildman–Crippen LogP) is -0.904. The van der Waals surface area contributed by atoms with Crippen LogP contribution in [0.25, 0.3) is 0 Å². The molecular weight excluding hydrogens is 132 g/mol. The molecule has 4 nitrogen and oxygen atoms in total. The summed E-state index contributed by atoms with van der Waals surface area (Å²) in [6.45, 7) is 1.63. The van der Waals surface area contributed by atoms with E-state index < -0.39 is 0 Å². The van der Waals surface area contributed by atoms with Gasteiger partial charge in [0.25, 0.3) is 0 Å². The molecule has 0 saturated carbocycles. The minimum atomic E-state index is 0.324. The highest BCUT2D eigenvalue weighted by atomic mass is 16.5. The number of nitrogens with one attached hydrogen (secondary N) is 1. The lowest BCUT2D eigenvalue weighted by Gasteiger charge is -1.90. The SMILES string of the molecule is CNC=O.NC1CCOC1. The second-order valence-corrected chi connectivity index (χ2v) is 2.03. The van der Waals surface area contributed by atoms with E-state index >= 15 is 0 Å². The van der Waals surface area contributed by atoms with Crippen LogP contribution in [0.1, 0.15) is 6.42 Å². The first-order valence-electron chi connectivity index (χ1n) is 3.25. The van der Waals surface area contributed by atoms with Crippen molar-refractivity contribution in [3.63, 3.8) is 0 Å². The van der Waals surface area contributed by atoms with Crippen LogP contribution in [0.2, 0.25) is 0 Å². The van der Waals surface area contributed by atoms with Crippen molar-refractivity contribution < 1.29 is 9.53 Å². The highest BCUT2D eigenvalue weighted by molar-refractivity contribution is 5.44. The lowest BCUT2D eigenvalue weighted by Crippen LogP contribution is -2.18. The number of amides is 1. The van der Waals surface area contributed by atoms with Gasteiger partial charge in [-0.3, -0.25) is 4.79 Å². The molecule has 0 aromatic heterocycles. The molecule has 0 bridgehead atoms. The molecule has 1 amide bonds. The van der Waals surface area contributed by atoms with E-state index in [9.17, 15) is 0 Å². The van der Waals surface area contributed by atoms with E-state index in [1.165, 1.54) is 0 Å². The van der Waals surface area contributed by atoms with Gasteiger partial charge in [0.1, 0.15) is 0 Å². The third-order valence-corrected chi connectivity index (χ3v) is 1.08. The molecule has 1 atom stereocenters. The standard InChI is InChI=1S/C4H9NO.C2H5NO/c5-4-1-2-6-3-4;1-3-2-4/h4H,1-3,5H2;2H,1H3,(H,3,4). The molecule has 0 radical (unpaired) electrons. The van der Waals surface area contributed by atoms with Gasteiger partial charge in [0.2, 0.25) is 6.41 Å². The summed E-state index contributed by atoms with van der Waals surface area (Å²) in [5, 5.41) is 2.25. The van der Waals surface area contributed by atoms with Crippen LogP contribution in [0.3, 0.4) is 0 Å². The first-order valence-corrected chi connectivity index (χ1v) is 3.25. The zero-order chi connectivity index (χ0) is 7.82. The zero-order valence-corrected chi connectivity index (χ0v) is 6.17. The maximum absolute atomic E-state index is 9.06. The summed E-state index contributed by atoms with van der Waals surface area (Å²) in [7, 11) is 1.56. The summed E-state index contributed by atoms with van der Waals surface area (Å²) in [4.78, 5) is 9.06. The van der Waals surface area contributed by atoms with Crippen molar-refractivity contribution in [2.24, 2.45) is 5.73 Å². The zero-order valence-electron chi connectivity index (χ0n) is 6.17. The van der Waals surface area contributed by atoms with Crippen LogP contribution in [0, 0.1) is 0 Å². The van der Waals surface area contributed by atoms with Gasteiger partial charge < -0.3 is 15.8 Å². The molecule has 0 spiro atoms. The Morgan fingerprint density at radius 1 is 1.80 bits per heavy atom. The van der Waals surface area contributed by atoms with Crippen LogP contribution in [0.15, 0.2) is 0 Å². The molecule has 0 aromatic rings. The summed E-state index contributed by atoms with van der Waals surface area (Å²) in [6.07, 6.45) is 1.67. The molecule has 1 heterocycles. The van der Waals surface area contributed by atoms with E-state index in [2.05, 4.69) is 5.32 Å². The minimum absolute atomic E-state index is 0.324. The molecular formula is C6H14N2O2. The molecule has 0 aromatic carbocycles.